The molecule has 4 aromatic rings. The van der Waals surface area contributed by atoms with Crippen molar-refractivity contribution >= 4 is 45.8 Å². The molecule has 3 aliphatic carbocycles. The van der Waals surface area contributed by atoms with Crippen molar-refractivity contribution in [1.29, 1.82) is 0 Å². The molecule has 0 radical (unpaired) electrons. The highest BCUT2D eigenvalue weighted by molar-refractivity contribution is 6.32. The summed E-state index contributed by atoms with van der Waals surface area (Å²) in [5, 5.41) is 13.3. The maximum Gasteiger partial charge on any atom is 0.423 e. The highest BCUT2D eigenvalue weighted by Gasteiger charge is 2.66. The minimum atomic E-state index is -1.49. The molecule has 1 aliphatic heterocycles. The molecule has 4 aliphatic rings. The smallest absolute Gasteiger partial charge is 0.423 e. The molecule has 1 heterocycles. The molecule has 2 fully saturated rings. The lowest BCUT2D eigenvalue weighted by molar-refractivity contribution is -0.138. The van der Waals surface area contributed by atoms with Crippen LogP contribution in [0.4, 0.5) is 4.79 Å². The molecule has 1 N–H and O–H groups in total. The quantitative estimate of drug-likeness (QED) is 0.212. The number of fused-ring (bicyclic) bond motifs is 5. The minimum Gasteiger partial charge on any atom is -0.508 e. The number of Topliss-reactive ketones (excluding diaryl/α,β-unsaturated/α-hetero) is 1. The Kier molecular flexibility index (Phi) is 6.80. The van der Waals surface area contributed by atoms with Gasteiger partial charge in [0.2, 0.25) is 11.8 Å². The maximum absolute atomic E-state index is 15.2. The number of phenols is 1. The van der Waals surface area contributed by atoms with Gasteiger partial charge in [-0.3, -0.25) is 19.2 Å². The van der Waals surface area contributed by atoms with E-state index in [0.29, 0.717) is 32.5 Å². The zero-order valence-corrected chi connectivity index (χ0v) is 26.0. The largest absolute Gasteiger partial charge is 0.508 e. The van der Waals surface area contributed by atoms with Gasteiger partial charge in [0.15, 0.2) is 11.6 Å². The van der Waals surface area contributed by atoms with E-state index in [1.54, 1.807) is 24.3 Å². The standard InChI is InChI=1S/C40H31NO7/c1-48-39(47)41-37(45)27-18-17-26-29(33(27)38(41)46)20-30-36(44)28(22-10-4-2-5-11-22)21-32(43)40(30,24-13-6-3-7-14-24)35(26)34-25-15-9-8-12-23(25)16-19-31(34)42/h2-17,19,21,27,29-30,33,35,42H,18,20H2,1H3. The summed E-state index contributed by atoms with van der Waals surface area (Å²) in [7, 11) is 1.12. The van der Waals surface area contributed by atoms with Gasteiger partial charge in [0.25, 0.3) is 0 Å². The van der Waals surface area contributed by atoms with Gasteiger partial charge in [-0.25, -0.2) is 4.79 Å². The number of rotatable bonds is 3. The van der Waals surface area contributed by atoms with E-state index >= 15 is 9.59 Å². The van der Waals surface area contributed by atoms with Gasteiger partial charge in [0.05, 0.1) is 24.4 Å². The Morgan fingerprint density at radius 1 is 0.833 bits per heavy atom. The van der Waals surface area contributed by atoms with Gasteiger partial charge in [0, 0.05) is 23.0 Å². The van der Waals surface area contributed by atoms with Crippen molar-refractivity contribution in [2.75, 3.05) is 7.11 Å². The summed E-state index contributed by atoms with van der Waals surface area (Å²) in [6.45, 7) is 0. The molecule has 0 bridgehead atoms. The number of carbonyl (C=O) groups excluding carboxylic acids is 5. The van der Waals surface area contributed by atoms with E-state index in [-0.39, 0.29) is 35.7 Å². The Morgan fingerprint density at radius 3 is 2.25 bits per heavy atom. The second-order valence-corrected chi connectivity index (χ2v) is 13.0. The molecule has 6 unspecified atom stereocenters. The van der Waals surface area contributed by atoms with Crippen molar-refractivity contribution < 1.29 is 33.8 Å². The second kappa shape index (κ2) is 11.0. The molecular weight excluding hydrogens is 606 g/mol. The van der Waals surface area contributed by atoms with Crippen molar-refractivity contribution in [2.24, 2.45) is 23.7 Å². The zero-order valence-electron chi connectivity index (χ0n) is 26.0. The number of ether oxygens (including phenoxy) is 1. The first kappa shape index (κ1) is 29.8. The lowest BCUT2D eigenvalue weighted by Gasteiger charge is -2.55. The first-order valence-electron chi connectivity index (χ1n) is 16.1. The van der Waals surface area contributed by atoms with Gasteiger partial charge >= 0.3 is 6.09 Å². The molecule has 48 heavy (non-hydrogen) atoms. The van der Waals surface area contributed by atoms with Crippen LogP contribution in [0.15, 0.2) is 115 Å². The van der Waals surface area contributed by atoms with Crippen molar-refractivity contribution in [3.8, 4) is 5.75 Å². The van der Waals surface area contributed by atoms with Gasteiger partial charge in [-0.1, -0.05) is 103 Å². The van der Waals surface area contributed by atoms with Gasteiger partial charge in [-0.15, -0.1) is 0 Å². The van der Waals surface area contributed by atoms with Crippen LogP contribution in [-0.4, -0.2) is 46.6 Å². The maximum atomic E-state index is 15.2. The molecule has 6 atom stereocenters. The highest BCUT2D eigenvalue weighted by Crippen LogP contribution is 2.65. The van der Waals surface area contributed by atoms with Crippen LogP contribution in [0.3, 0.4) is 0 Å². The van der Waals surface area contributed by atoms with Crippen molar-refractivity contribution in [1.82, 2.24) is 4.90 Å². The number of carbonyl (C=O) groups is 5. The lowest BCUT2D eigenvalue weighted by Crippen LogP contribution is -2.58. The average molecular weight is 638 g/mol. The molecule has 4 aromatic carbocycles. The second-order valence-electron chi connectivity index (χ2n) is 13.0. The molecule has 8 nitrogen and oxygen atoms in total. The van der Waals surface area contributed by atoms with Crippen LogP contribution >= 0.6 is 0 Å². The molecule has 238 valence electrons. The van der Waals surface area contributed by atoms with E-state index in [4.69, 9.17) is 4.74 Å². The molecule has 1 saturated heterocycles. The average Bonchev–Trinajstić information content (AvgIpc) is 3.38. The number of imide groups is 3. The van der Waals surface area contributed by atoms with Gasteiger partial charge in [-0.2, -0.15) is 4.90 Å². The van der Waals surface area contributed by atoms with Crippen LogP contribution in [0.1, 0.15) is 35.4 Å². The van der Waals surface area contributed by atoms with Gasteiger partial charge in [0.1, 0.15) is 5.75 Å². The third-order valence-electron chi connectivity index (χ3n) is 11.0. The lowest BCUT2D eigenvalue weighted by atomic mass is 9.44. The van der Waals surface area contributed by atoms with Crippen molar-refractivity contribution in [3.05, 3.63) is 131 Å². The van der Waals surface area contributed by atoms with E-state index in [1.807, 2.05) is 78.9 Å². The first-order chi connectivity index (χ1) is 23.3. The molecule has 8 heteroatoms. The van der Waals surface area contributed by atoms with Crippen LogP contribution in [0.25, 0.3) is 16.3 Å². The number of hydrogen-bond donors (Lipinski definition) is 1. The summed E-state index contributed by atoms with van der Waals surface area (Å²) in [6, 6.07) is 29.2. The minimum absolute atomic E-state index is 0.0421. The number of ketones is 2. The monoisotopic (exact) mass is 637 g/mol. The SMILES string of the molecule is COC(=O)N1C(=O)C2CC=C3C(CC4C(=O)C(c5ccccc5)=CC(=O)C4(c4ccccc4)C3c3c(O)ccc4ccccc34)C2C1=O. The van der Waals surface area contributed by atoms with Gasteiger partial charge < -0.3 is 9.84 Å². The van der Waals surface area contributed by atoms with Crippen LogP contribution < -0.4 is 0 Å². The molecule has 1 saturated carbocycles. The number of likely N-dealkylation sites (tertiary alicyclic amines) is 1. The van der Waals surface area contributed by atoms with Gasteiger partial charge in [-0.05, 0) is 52.8 Å². The Bertz CT molecular complexity index is 2120. The normalized spacial score (nSPS) is 27.9. The predicted octanol–water partition coefficient (Wildman–Crippen LogP) is 6.14. The van der Waals surface area contributed by atoms with E-state index in [0.717, 1.165) is 12.5 Å². The fourth-order valence-corrected chi connectivity index (χ4v) is 9.05. The number of hydrogen-bond acceptors (Lipinski definition) is 7. The fraction of sp³-hybridized carbons (Fsp3) is 0.225. The Balaban J connectivity index is 1.45. The zero-order chi connectivity index (χ0) is 33.3. The van der Waals surface area contributed by atoms with Crippen LogP contribution in [0.5, 0.6) is 5.75 Å². The number of methoxy groups -OCH3 is 1. The van der Waals surface area contributed by atoms with Crippen molar-refractivity contribution in [2.45, 2.75) is 24.2 Å². The fourth-order valence-electron chi connectivity index (χ4n) is 9.05. The van der Waals surface area contributed by atoms with E-state index in [2.05, 4.69) is 0 Å². The van der Waals surface area contributed by atoms with Crippen molar-refractivity contribution in [3.63, 3.8) is 0 Å². The molecule has 3 amide bonds. The Hall–Kier alpha value is -5.63. The molecular formula is C40H31NO7. The molecule has 0 aromatic heterocycles. The number of amides is 3. The number of nitrogens with zero attached hydrogens (tertiary/aromatic N) is 1. The molecule has 8 rings (SSSR count). The number of phenolic OH excluding ortho intramolecular Hbond substituents is 1. The van der Waals surface area contributed by atoms with E-state index < -0.39 is 52.9 Å². The summed E-state index contributed by atoms with van der Waals surface area (Å²) in [4.78, 5) is 71.0. The van der Waals surface area contributed by atoms with Crippen LogP contribution in [-0.2, 0) is 29.3 Å². The summed E-state index contributed by atoms with van der Waals surface area (Å²) >= 11 is 0. The Labute approximate surface area is 276 Å². The van der Waals surface area contributed by atoms with E-state index in [1.165, 1.54) is 6.08 Å². The van der Waals surface area contributed by atoms with Crippen LogP contribution in [0, 0.1) is 23.7 Å². The topological polar surface area (TPSA) is 118 Å². The summed E-state index contributed by atoms with van der Waals surface area (Å²) < 4.78 is 4.81. The van der Waals surface area contributed by atoms with E-state index in [9.17, 15) is 19.5 Å². The number of allylic oxidation sites excluding steroid dienone is 4. The summed E-state index contributed by atoms with van der Waals surface area (Å²) in [5.74, 6) is -6.16. The first-order valence-corrected chi connectivity index (χ1v) is 16.1. The summed E-state index contributed by atoms with van der Waals surface area (Å²) in [6.07, 6.45) is 2.55. The van der Waals surface area contributed by atoms with Crippen LogP contribution in [0.2, 0.25) is 0 Å². The summed E-state index contributed by atoms with van der Waals surface area (Å²) in [5.41, 5.74) is 1.21. The third-order valence-corrected chi connectivity index (χ3v) is 11.0. The Morgan fingerprint density at radius 2 is 1.52 bits per heavy atom. The third kappa shape index (κ3) is 3.98. The highest BCUT2D eigenvalue weighted by atomic mass is 16.5. The number of benzene rings is 4. The number of aromatic hydroxyl groups is 1. The predicted molar refractivity (Wildman–Crippen MR) is 176 cm³/mol. The molecule has 0 spiro atoms.